The number of carbonyl (C=O) groups is 1. The van der Waals surface area contributed by atoms with Gasteiger partial charge in [-0.15, -0.1) is 11.8 Å². The van der Waals surface area contributed by atoms with Crippen LogP contribution in [0.5, 0.6) is 0 Å². The standard InChI is InChI=1S/C21H23N3OS2/c25-20(23-24-21(26)22-19-11-14-8-9-16(19)10-14)13-27-12-17-6-3-5-15-4-1-2-7-18(15)17/h1-9,14,16,19H,10-13H2,(H,23,25)(H2,22,24,26)/t14-,16+,19-/m1/s1. The summed E-state index contributed by atoms with van der Waals surface area (Å²) < 4.78 is 0. The van der Waals surface area contributed by atoms with Gasteiger partial charge in [-0.05, 0) is 53.2 Å². The fourth-order valence-corrected chi connectivity index (χ4v) is 5.02. The lowest BCUT2D eigenvalue weighted by molar-refractivity contribution is -0.119. The van der Waals surface area contributed by atoms with Gasteiger partial charge in [0.2, 0.25) is 5.91 Å². The van der Waals surface area contributed by atoms with Crippen molar-refractivity contribution in [3.05, 3.63) is 60.2 Å². The first-order chi connectivity index (χ1) is 13.2. The van der Waals surface area contributed by atoms with E-state index in [1.54, 1.807) is 11.8 Å². The van der Waals surface area contributed by atoms with E-state index in [-0.39, 0.29) is 5.91 Å². The Morgan fingerprint density at radius 2 is 1.93 bits per heavy atom. The van der Waals surface area contributed by atoms with Gasteiger partial charge in [-0.3, -0.25) is 15.6 Å². The van der Waals surface area contributed by atoms with E-state index in [4.69, 9.17) is 12.2 Å². The highest BCUT2D eigenvalue weighted by atomic mass is 32.2. The SMILES string of the molecule is O=C(CSCc1cccc2ccccc12)NNC(=S)N[C@@H]1C[C@@H]2C=C[C@H]1C2. The molecule has 0 radical (unpaired) electrons. The van der Waals surface area contributed by atoms with Gasteiger partial charge in [0.05, 0.1) is 5.75 Å². The molecular weight excluding hydrogens is 374 g/mol. The zero-order valence-corrected chi connectivity index (χ0v) is 16.6. The largest absolute Gasteiger partial charge is 0.358 e. The van der Waals surface area contributed by atoms with Crippen molar-refractivity contribution >= 4 is 45.8 Å². The molecule has 0 aromatic heterocycles. The van der Waals surface area contributed by atoms with Crippen LogP contribution >= 0.6 is 24.0 Å². The molecule has 2 aliphatic rings. The first-order valence-electron chi connectivity index (χ1n) is 9.27. The fourth-order valence-electron chi connectivity index (χ4n) is 3.99. The lowest BCUT2D eigenvalue weighted by Crippen LogP contribution is -2.50. The van der Waals surface area contributed by atoms with Crippen LogP contribution in [0, 0.1) is 11.8 Å². The molecule has 0 aliphatic heterocycles. The van der Waals surface area contributed by atoms with Gasteiger partial charge in [0.15, 0.2) is 5.11 Å². The molecule has 2 bridgehead atoms. The molecule has 1 fully saturated rings. The molecule has 2 aromatic rings. The second-order valence-corrected chi connectivity index (χ2v) is 8.56. The molecule has 4 rings (SSSR count). The molecule has 0 spiro atoms. The molecule has 0 unspecified atom stereocenters. The first-order valence-corrected chi connectivity index (χ1v) is 10.8. The number of thioether (sulfide) groups is 1. The van der Waals surface area contributed by atoms with Crippen molar-refractivity contribution in [3.8, 4) is 0 Å². The summed E-state index contributed by atoms with van der Waals surface area (Å²) >= 11 is 6.90. The number of allylic oxidation sites excluding steroid dienone is 1. The molecule has 140 valence electrons. The Bertz CT molecular complexity index is 877. The minimum Gasteiger partial charge on any atom is -0.358 e. The van der Waals surface area contributed by atoms with Crippen LogP contribution in [0.2, 0.25) is 0 Å². The third-order valence-corrected chi connectivity index (χ3v) is 6.48. The minimum atomic E-state index is -0.0720. The Balaban J connectivity index is 1.18. The number of rotatable bonds is 5. The monoisotopic (exact) mass is 397 g/mol. The molecule has 1 amide bonds. The van der Waals surface area contributed by atoms with Gasteiger partial charge in [0.1, 0.15) is 0 Å². The van der Waals surface area contributed by atoms with E-state index in [0.717, 1.165) is 12.2 Å². The van der Waals surface area contributed by atoms with Crippen molar-refractivity contribution in [2.24, 2.45) is 11.8 Å². The molecule has 3 atom stereocenters. The number of hydrazine groups is 1. The quantitative estimate of drug-likeness (QED) is 0.409. The summed E-state index contributed by atoms with van der Waals surface area (Å²) in [7, 11) is 0. The Morgan fingerprint density at radius 1 is 1.07 bits per heavy atom. The van der Waals surface area contributed by atoms with Gasteiger partial charge in [-0.1, -0.05) is 54.6 Å². The van der Waals surface area contributed by atoms with Crippen LogP contribution in [0.25, 0.3) is 10.8 Å². The molecule has 6 heteroatoms. The minimum absolute atomic E-state index is 0.0720. The maximum Gasteiger partial charge on any atom is 0.248 e. The lowest BCUT2D eigenvalue weighted by atomic mass is 10.0. The Labute approximate surface area is 169 Å². The van der Waals surface area contributed by atoms with E-state index in [9.17, 15) is 4.79 Å². The van der Waals surface area contributed by atoms with Crippen molar-refractivity contribution in [2.75, 3.05) is 5.75 Å². The average Bonchev–Trinajstić information content (AvgIpc) is 3.30. The summed E-state index contributed by atoms with van der Waals surface area (Å²) in [5, 5.41) is 6.29. The van der Waals surface area contributed by atoms with Crippen LogP contribution in [0.4, 0.5) is 0 Å². The molecule has 1 saturated carbocycles. The van der Waals surface area contributed by atoms with Crippen LogP contribution in [-0.4, -0.2) is 22.8 Å². The van der Waals surface area contributed by atoms with Crippen molar-refractivity contribution < 1.29 is 4.79 Å². The van der Waals surface area contributed by atoms with E-state index in [0.29, 0.717) is 28.7 Å². The lowest BCUT2D eigenvalue weighted by Gasteiger charge is -2.22. The highest BCUT2D eigenvalue weighted by Crippen LogP contribution is 2.38. The molecular formula is C21H23N3OS2. The van der Waals surface area contributed by atoms with Gasteiger partial charge >= 0.3 is 0 Å². The fraction of sp³-hybridized carbons (Fsp3) is 0.333. The smallest absolute Gasteiger partial charge is 0.248 e. The number of amides is 1. The van der Waals surface area contributed by atoms with Gasteiger partial charge in [-0.25, -0.2) is 0 Å². The molecule has 3 N–H and O–H groups in total. The first kappa shape index (κ1) is 18.3. The number of hydrogen-bond donors (Lipinski definition) is 3. The number of fused-ring (bicyclic) bond motifs is 3. The number of carbonyl (C=O) groups excluding carboxylic acids is 1. The van der Waals surface area contributed by atoms with E-state index >= 15 is 0 Å². The predicted molar refractivity (Wildman–Crippen MR) is 116 cm³/mol. The van der Waals surface area contributed by atoms with Crippen molar-refractivity contribution in [2.45, 2.75) is 24.6 Å². The number of nitrogens with one attached hydrogen (secondary N) is 3. The zero-order valence-electron chi connectivity index (χ0n) is 15.0. The third-order valence-electron chi connectivity index (χ3n) is 5.28. The van der Waals surface area contributed by atoms with Crippen LogP contribution in [-0.2, 0) is 10.5 Å². The predicted octanol–water partition coefficient (Wildman–Crippen LogP) is 3.53. The maximum absolute atomic E-state index is 12.1. The highest BCUT2D eigenvalue weighted by molar-refractivity contribution is 7.99. The summed E-state index contributed by atoms with van der Waals surface area (Å²) in [5.74, 6) is 2.37. The molecule has 0 saturated heterocycles. The van der Waals surface area contributed by atoms with Crippen LogP contribution in [0.1, 0.15) is 18.4 Å². The molecule has 0 heterocycles. The number of hydrogen-bond acceptors (Lipinski definition) is 3. The average molecular weight is 398 g/mol. The third kappa shape index (κ3) is 4.45. The molecule has 2 aromatic carbocycles. The van der Waals surface area contributed by atoms with E-state index in [2.05, 4.69) is 58.7 Å². The zero-order chi connectivity index (χ0) is 18.6. The summed E-state index contributed by atoms with van der Waals surface area (Å²) in [6.45, 7) is 0. The Hall–Kier alpha value is -2.05. The molecule has 4 nitrogen and oxygen atoms in total. The van der Waals surface area contributed by atoms with Crippen molar-refractivity contribution in [3.63, 3.8) is 0 Å². The second-order valence-electron chi connectivity index (χ2n) is 7.16. The van der Waals surface area contributed by atoms with Crippen LogP contribution in [0.15, 0.2) is 54.6 Å². The summed E-state index contributed by atoms with van der Waals surface area (Å²) in [5.41, 5.74) is 6.77. The summed E-state index contributed by atoms with van der Waals surface area (Å²) in [6.07, 6.45) is 6.92. The Kier molecular flexibility index (Phi) is 5.64. The van der Waals surface area contributed by atoms with E-state index in [1.165, 1.54) is 22.8 Å². The summed E-state index contributed by atoms with van der Waals surface area (Å²) in [6, 6.07) is 15.0. The normalized spacial score (nSPS) is 22.7. The van der Waals surface area contributed by atoms with Crippen LogP contribution in [0.3, 0.4) is 0 Å². The highest BCUT2D eigenvalue weighted by Gasteiger charge is 2.35. The Morgan fingerprint density at radius 3 is 2.74 bits per heavy atom. The van der Waals surface area contributed by atoms with Crippen molar-refractivity contribution in [1.29, 1.82) is 0 Å². The molecule has 2 aliphatic carbocycles. The maximum atomic E-state index is 12.1. The van der Waals surface area contributed by atoms with Gasteiger partial charge in [0, 0.05) is 11.8 Å². The summed E-state index contributed by atoms with van der Waals surface area (Å²) in [4.78, 5) is 12.1. The van der Waals surface area contributed by atoms with Gasteiger partial charge in [0.25, 0.3) is 0 Å². The van der Waals surface area contributed by atoms with Crippen LogP contribution < -0.4 is 16.2 Å². The van der Waals surface area contributed by atoms with E-state index < -0.39 is 0 Å². The van der Waals surface area contributed by atoms with E-state index in [1.807, 2.05) is 12.1 Å². The number of thiocarbonyl (C=S) groups is 1. The second kappa shape index (κ2) is 8.31. The van der Waals surface area contributed by atoms with Gasteiger partial charge < -0.3 is 5.32 Å². The topological polar surface area (TPSA) is 53.2 Å². The number of benzene rings is 2. The van der Waals surface area contributed by atoms with Crippen molar-refractivity contribution in [1.82, 2.24) is 16.2 Å². The van der Waals surface area contributed by atoms with Gasteiger partial charge in [-0.2, -0.15) is 0 Å². The molecule has 27 heavy (non-hydrogen) atoms.